The van der Waals surface area contributed by atoms with E-state index < -0.39 is 18.0 Å². The number of amides is 2. The van der Waals surface area contributed by atoms with Gasteiger partial charge in [-0.1, -0.05) is 23.9 Å². The minimum atomic E-state index is -0.929. The quantitative estimate of drug-likeness (QED) is 0.757. The van der Waals surface area contributed by atoms with Crippen LogP contribution in [0.4, 0.5) is 9.18 Å². The normalized spacial score (nSPS) is 15.2. The van der Waals surface area contributed by atoms with E-state index in [2.05, 4.69) is 5.32 Å². The first-order valence-corrected chi connectivity index (χ1v) is 8.57. The van der Waals surface area contributed by atoms with Crippen molar-refractivity contribution in [2.24, 2.45) is 0 Å². The third-order valence-corrected chi connectivity index (χ3v) is 4.38. The van der Waals surface area contributed by atoms with Crippen molar-refractivity contribution in [3.8, 4) is 0 Å². The molecule has 1 aromatic carbocycles. The van der Waals surface area contributed by atoms with E-state index in [1.165, 1.54) is 30.8 Å². The number of rotatable bonds is 7. The Kier molecular flexibility index (Phi) is 6.60. The molecule has 0 radical (unpaired) electrons. The van der Waals surface area contributed by atoms with Crippen molar-refractivity contribution in [1.29, 1.82) is 0 Å². The first-order valence-electron chi connectivity index (χ1n) is 7.59. The largest absolute Gasteiger partial charge is 0.452 e. The van der Waals surface area contributed by atoms with Gasteiger partial charge in [0, 0.05) is 25.4 Å². The molecule has 8 heteroatoms. The molecule has 1 aromatic rings. The molecule has 130 valence electrons. The molecular formula is C16H19FN2O4S. The van der Waals surface area contributed by atoms with E-state index in [0.29, 0.717) is 13.1 Å². The lowest BCUT2D eigenvalue weighted by Gasteiger charge is -2.16. The predicted octanol–water partition coefficient (Wildman–Crippen LogP) is 1.93. The van der Waals surface area contributed by atoms with E-state index >= 15 is 0 Å². The third kappa shape index (κ3) is 5.52. The fourth-order valence-electron chi connectivity index (χ4n) is 2.10. The second kappa shape index (κ2) is 8.68. The first kappa shape index (κ1) is 18.3. The minimum absolute atomic E-state index is 0.0344. The minimum Gasteiger partial charge on any atom is -0.452 e. The van der Waals surface area contributed by atoms with Gasteiger partial charge in [0.2, 0.25) is 0 Å². The van der Waals surface area contributed by atoms with Crippen molar-refractivity contribution in [2.75, 3.05) is 18.8 Å². The van der Waals surface area contributed by atoms with Crippen molar-refractivity contribution >= 4 is 28.9 Å². The van der Waals surface area contributed by atoms with Gasteiger partial charge in [-0.15, -0.1) is 0 Å². The summed E-state index contributed by atoms with van der Waals surface area (Å²) in [6.07, 6.45) is -0.872. The van der Waals surface area contributed by atoms with Crippen LogP contribution in [-0.4, -0.2) is 47.0 Å². The third-order valence-electron chi connectivity index (χ3n) is 3.49. The van der Waals surface area contributed by atoms with E-state index in [-0.39, 0.29) is 24.0 Å². The number of carbonyl (C=O) groups is 3. The van der Waals surface area contributed by atoms with Gasteiger partial charge >= 0.3 is 5.97 Å². The highest BCUT2D eigenvalue weighted by molar-refractivity contribution is 8.13. The van der Waals surface area contributed by atoms with E-state index in [1.807, 2.05) is 0 Å². The summed E-state index contributed by atoms with van der Waals surface area (Å²) in [5.41, 5.74) is 0.744. The van der Waals surface area contributed by atoms with Gasteiger partial charge in [0.15, 0.2) is 6.10 Å². The smallest absolute Gasteiger partial charge is 0.308 e. The van der Waals surface area contributed by atoms with Gasteiger partial charge in [-0.25, -0.2) is 4.39 Å². The molecule has 2 amide bonds. The number of benzene rings is 1. The van der Waals surface area contributed by atoms with Crippen LogP contribution in [0.1, 0.15) is 18.9 Å². The van der Waals surface area contributed by atoms with Crippen LogP contribution in [0.5, 0.6) is 0 Å². The zero-order valence-electron chi connectivity index (χ0n) is 13.3. The van der Waals surface area contributed by atoms with Crippen molar-refractivity contribution in [3.05, 3.63) is 35.6 Å². The zero-order valence-corrected chi connectivity index (χ0v) is 14.1. The molecule has 6 nitrogen and oxygen atoms in total. The summed E-state index contributed by atoms with van der Waals surface area (Å²) in [6.45, 7) is 2.63. The summed E-state index contributed by atoms with van der Waals surface area (Å²) in [5.74, 6) is -0.567. The molecule has 1 saturated heterocycles. The topological polar surface area (TPSA) is 75.7 Å². The average molecular weight is 354 g/mol. The average Bonchev–Trinajstić information content (AvgIpc) is 2.97. The molecule has 2 rings (SSSR count). The Hall–Kier alpha value is -2.09. The maximum Gasteiger partial charge on any atom is 0.308 e. The number of hydrogen-bond donors (Lipinski definition) is 1. The van der Waals surface area contributed by atoms with Gasteiger partial charge in [0.1, 0.15) is 5.82 Å². The number of carbonyl (C=O) groups excluding carboxylic acids is 3. The molecule has 0 bridgehead atoms. The van der Waals surface area contributed by atoms with Gasteiger partial charge in [0.05, 0.1) is 6.42 Å². The lowest BCUT2D eigenvalue weighted by atomic mass is 10.2. The number of ether oxygens (including phenoxy) is 1. The summed E-state index contributed by atoms with van der Waals surface area (Å²) in [4.78, 5) is 36.6. The molecule has 1 aliphatic heterocycles. The van der Waals surface area contributed by atoms with Crippen molar-refractivity contribution in [1.82, 2.24) is 10.2 Å². The summed E-state index contributed by atoms with van der Waals surface area (Å²) in [7, 11) is 0. The van der Waals surface area contributed by atoms with E-state index in [1.54, 1.807) is 17.0 Å². The molecule has 1 fully saturated rings. The van der Waals surface area contributed by atoms with Crippen LogP contribution in [0.2, 0.25) is 0 Å². The van der Waals surface area contributed by atoms with Crippen molar-refractivity contribution in [3.63, 3.8) is 0 Å². The van der Waals surface area contributed by atoms with Crippen LogP contribution in [0.25, 0.3) is 0 Å². The Morgan fingerprint density at radius 3 is 2.71 bits per heavy atom. The lowest BCUT2D eigenvalue weighted by Crippen LogP contribution is -2.36. The Morgan fingerprint density at radius 2 is 2.08 bits per heavy atom. The van der Waals surface area contributed by atoms with Crippen LogP contribution in [-0.2, 0) is 20.9 Å². The van der Waals surface area contributed by atoms with Gasteiger partial charge in [-0.2, -0.15) is 0 Å². The van der Waals surface area contributed by atoms with Crippen molar-refractivity contribution < 1.29 is 23.5 Å². The lowest BCUT2D eigenvalue weighted by molar-refractivity contribution is -0.155. The molecule has 0 spiro atoms. The van der Waals surface area contributed by atoms with Crippen LogP contribution < -0.4 is 5.32 Å². The fourth-order valence-corrected chi connectivity index (χ4v) is 2.95. The second-order valence-corrected chi connectivity index (χ2v) is 6.37. The monoisotopic (exact) mass is 354 g/mol. The standard InChI is InChI=1S/C16H19FN2O4S/c1-11(15(21)18-10-12-2-4-13(17)5-3-12)23-14(20)6-7-19-8-9-24-16(19)22/h2-5,11H,6-10H2,1H3,(H,18,21)/t11-/m0/s1. The zero-order chi connectivity index (χ0) is 17.5. The van der Waals surface area contributed by atoms with Gasteiger partial charge in [-0.3, -0.25) is 14.4 Å². The van der Waals surface area contributed by atoms with Gasteiger partial charge in [0.25, 0.3) is 11.1 Å². The second-order valence-electron chi connectivity index (χ2n) is 5.33. The molecule has 0 aliphatic carbocycles. The molecule has 0 saturated carbocycles. The van der Waals surface area contributed by atoms with E-state index in [4.69, 9.17) is 4.74 Å². The van der Waals surface area contributed by atoms with Crippen LogP contribution in [0.3, 0.4) is 0 Å². The molecule has 0 unspecified atom stereocenters. The Morgan fingerprint density at radius 1 is 1.38 bits per heavy atom. The maximum atomic E-state index is 12.8. The highest BCUT2D eigenvalue weighted by atomic mass is 32.2. The summed E-state index contributed by atoms with van der Waals surface area (Å²) < 4.78 is 17.9. The molecule has 1 heterocycles. The van der Waals surface area contributed by atoms with Crippen LogP contribution >= 0.6 is 11.8 Å². The molecule has 1 aliphatic rings. The SMILES string of the molecule is C[C@H](OC(=O)CCN1CCSC1=O)C(=O)NCc1ccc(F)cc1. The van der Waals surface area contributed by atoms with Crippen LogP contribution in [0, 0.1) is 5.82 Å². The molecular weight excluding hydrogens is 335 g/mol. The molecule has 1 atom stereocenters. The van der Waals surface area contributed by atoms with Crippen molar-refractivity contribution in [2.45, 2.75) is 26.0 Å². The highest BCUT2D eigenvalue weighted by Crippen LogP contribution is 2.17. The summed E-state index contributed by atoms with van der Waals surface area (Å²) >= 11 is 1.23. The maximum absolute atomic E-state index is 12.8. The summed E-state index contributed by atoms with van der Waals surface area (Å²) in [6, 6.07) is 5.75. The molecule has 0 aromatic heterocycles. The number of esters is 1. The fraction of sp³-hybridized carbons (Fsp3) is 0.438. The first-order chi connectivity index (χ1) is 11.5. The Labute approximate surface area is 143 Å². The van der Waals surface area contributed by atoms with Gasteiger partial charge < -0.3 is 15.0 Å². The predicted molar refractivity (Wildman–Crippen MR) is 87.8 cm³/mol. The van der Waals surface area contributed by atoms with E-state index in [0.717, 1.165) is 11.3 Å². The number of halogens is 1. The molecule has 24 heavy (non-hydrogen) atoms. The van der Waals surface area contributed by atoms with Gasteiger partial charge in [-0.05, 0) is 24.6 Å². The highest BCUT2D eigenvalue weighted by Gasteiger charge is 2.23. The number of nitrogens with one attached hydrogen (secondary N) is 1. The summed E-state index contributed by atoms with van der Waals surface area (Å²) in [5, 5.41) is 2.59. The van der Waals surface area contributed by atoms with E-state index in [9.17, 15) is 18.8 Å². The Balaban J connectivity index is 1.69. The Bertz CT molecular complexity index is 609. The number of thioether (sulfide) groups is 1. The van der Waals surface area contributed by atoms with Crippen LogP contribution in [0.15, 0.2) is 24.3 Å². The number of nitrogens with zero attached hydrogens (tertiary/aromatic N) is 1. The number of hydrogen-bond acceptors (Lipinski definition) is 5. The molecule has 1 N–H and O–H groups in total.